The Morgan fingerprint density at radius 2 is 2.32 bits per heavy atom. The Morgan fingerprint density at radius 3 is 2.84 bits per heavy atom. The molecule has 0 bridgehead atoms. The molecule has 0 amide bonds. The van der Waals surface area contributed by atoms with Gasteiger partial charge < -0.3 is 10.4 Å². The lowest BCUT2D eigenvalue weighted by molar-refractivity contribution is -0.385. The van der Waals surface area contributed by atoms with E-state index in [9.17, 15) is 14.9 Å². The number of nitro groups is 1. The predicted octanol–water partition coefficient (Wildman–Crippen LogP) is 2.58. The van der Waals surface area contributed by atoms with Gasteiger partial charge in [-0.25, -0.2) is 4.98 Å². The molecule has 1 aromatic rings. The quantitative estimate of drug-likeness (QED) is 0.613. The summed E-state index contributed by atoms with van der Waals surface area (Å²) in [5, 5.41) is 22.4. The summed E-state index contributed by atoms with van der Waals surface area (Å²) in [7, 11) is 0. The van der Waals surface area contributed by atoms with Gasteiger partial charge in [0.2, 0.25) is 0 Å². The minimum atomic E-state index is -0.860. The molecule has 7 nitrogen and oxygen atoms in total. The monoisotopic (exact) mass is 331 g/mol. The van der Waals surface area contributed by atoms with Crippen molar-refractivity contribution < 1.29 is 14.8 Å². The van der Waals surface area contributed by atoms with Gasteiger partial charge in [-0.05, 0) is 28.8 Å². The normalized spacial score (nSPS) is 11.9. The number of carbonyl (C=O) groups is 1. The first kappa shape index (κ1) is 15.4. The van der Waals surface area contributed by atoms with Gasteiger partial charge in [-0.15, -0.1) is 0 Å². The van der Waals surface area contributed by atoms with Crippen LogP contribution in [0, 0.1) is 23.0 Å². The van der Waals surface area contributed by atoms with E-state index < -0.39 is 10.9 Å². The van der Waals surface area contributed by atoms with E-state index in [4.69, 9.17) is 5.11 Å². The summed E-state index contributed by atoms with van der Waals surface area (Å²) in [4.78, 5) is 24.7. The van der Waals surface area contributed by atoms with E-state index in [-0.39, 0.29) is 18.0 Å². The number of hydrogen-bond acceptors (Lipinski definition) is 5. The lowest BCUT2D eigenvalue weighted by atomic mass is 10.1. The molecule has 0 aliphatic rings. The van der Waals surface area contributed by atoms with Crippen molar-refractivity contribution in [3.8, 4) is 0 Å². The molecule has 0 aliphatic heterocycles. The van der Waals surface area contributed by atoms with Crippen molar-refractivity contribution >= 4 is 33.4 Å². The van der Waals surface area contributed by atoms with E-state index in [1.54, 1.807) is 13.8 Å². The summed E-state index contributed by atoms with van der Waals surface area (Å²) in [6.07, 6.45) is 1.24. The summed E-state index contributed by atoms with van der Waals surface area (Å²) < 4.78 is 0.518. The van der Waals surface area contributed by atoms with E-state index in [0.29, 0.717) is 22.4 Å². The summed E-state index contributed by atoms with van der Waals surface area (Å²) in [5.41, 5.74) is 0.421. The SMILES string of the molecule is Cc1c([N+](=O)[O-])cnc(NCC(C)CC(=O)O)c1Br. The van der Waals surface area contributed by atoms with Crippen molar-refractivity contribution in [3.05, 3.63) is 26.3 Å². The molecule has 19 heavy (non-hydrogen) atoms. The highest BCUT2D eigenvalue weighted by Gasteiger charge is 2.17. The molecule has 0 spiro atoms. The maximum atomic E-state index is 10.7. The Morgan fingerprint density at radius 1 is 1.68 bits per heavy atom. The van der Waals surface area contributed by atoms with Crippen LogP contribution in [0.3, 0.4) is 0 Å². The van der Waals surface area contributed by atoms with E-state index in [0.717, 1.165) is 0 Å². The lowest BCUT2D eigenvalue weighted by Crippen LogP contribution is -2.16. The second-order valence-electron chi connectivity index (χ2n) is 4.27. The maximum Gasteiger partial charge on any atom is 0.303 e. The molecule has 8 heteroatoms. The van der Waals surface area contributed by atoms with Crippen LogP contribution in [-0.4, -0.2) is 27.5 Å². The highest BCUT2D eigenvalue weighted by Crippen LogP contribution is 2.30. The van der Waals surface area contributed by atoms with Crippen LogP contribution in [0.25, 0.3) is 0 Å². The molecular formula is C11H14BrN3O4. The fourth-order valence-corrected chi connectivity index (χ4v) is 1.96. The van der Waals surface area contributed by atoms with Crippen LogP contribution in [0.5, 0.6) is 0 Å². The smallest absolute Gasteiger partial charge is 0.303 e. The average Bonchev–Trinajstić information content (AvgIpc) is 2.29. The summed E-state index contributed by atoms with van der Waals surface area (Å²) in [5.74, 6) is -0.455. The molecule has 0 fully saturated rings. The van der Waals surface area contributed by atoms with Crippen LogP contribution in [-0.2, 0) is 4.79 Å². The topological polar surface area (TPSA) is 105 Å². The van der Waals surface area contributed by atoms with Crippen molar-refractivity contribution in [3.63, 3.8) is 0 Å². The minimum absolute atomic E-state index is 0.0522. The predicted molar refractivity (Wildman–Crippen MR) is 73.2 cm³/mol. The molecule has 1 atom stereocenters. The van der Waals surface area contributed by atoms with Crippen molar-refractivity contribution in [1.82, 2.24) is 4.98 Å². The Labute approximate surface area is 118 Å². The van der Waals surface area contributed by atoms with Crippen LogP contribution < -0.4 is 5.32 Å². The zero-order valence-corrected chi connectivity index (χ0v) is 12.1. The molecule has 0 radical (unpaired) electrons. The van der Waals surface area contributed by atoms with Gasteiger partial charge in [0.05, 0.1) is 9.40 Å². The molecular weight excluding hydrogens is 318 g/mol. The molecule has 1 heterocycles. The van der Waals surface area contributed by atoms with E-state index in [1.165, 1.54) is 6.20 Å². The van der Waals surface area contributed by atoms with Crippen LogP contribution in [0.2, 0.25) is 0 Å². The van der Waals surface area contributed by atoms with Gasteiger partial charge in [-0.2, -0.15) is 0 Å². The van der Waals surface area contributed by atoms with Crippen LogP contribution in [0.15, 0.2) is 10.7 Å². The van der Waals surface area contributed by atoms with Crippen LogP contribution >= 0.6 is 15.9 Å². The summed E-state index contributed by atoms with van der Waals surface area (Å²) >= 11 is 3.25. The number of carboxylic acid groups (broad SMARTS) is 1. The number of halogens is 1. The molecule has 0 saturated carbocycles. The standard InChI is InChI=1S/C11H14BrN3O4/c1-6(3-9(16)17)4-13-11-10(12)7(2)8(5-14-11)15(18)19/h5-6H,3-4H2,1-2H3,(H,13,14)(H,16,17). The fraction of sp³-hybridized carbons (Fsp3) is 0.455. The second-order valence-corrected chi connectivity index (χ2v) is 5.07. The first-order valence-corrected chi connectivity index (χ1v) is 6.37. The van der Waals surface area contributed by atoms with Crippen molar-refractivity contribution in [2.45, 2.75) is 20.3 Å². The largest absolute Gasteiger partial charge is 0.481 e. The summed E-state index contributed by atoms with van der Waals surface area (Å²) in [6, 6.07) is 0. The van der Waals surface area contributed by atoms with Gasteiger partial charge in [0.15, 0.2) is 0 Å². The van der Waals surface area contributed by atoms with Gasteiger partial charge in [0.1, 0.15) is 12.0 Å². The Balaban J connectivity index is 2.78. The van der Waals surface area contributed by atoms with E-state index in [2.05, 4.69) is 26.2 Å². The number of hydrogen-bond donors (Lipinski definition) is 2. The summed E-state index contributed by atoms with van der Waals surface area (Å²) in [6.45, 7) is 3.85. The Hall–Kier alpha value is -1.70. The zero-order valence-electron chi connectivity index (χ0n) is 10.5. The molecule has 1 aromatic heterocycles. The van der Waals surface area contributed by atoms with Gasteiger partial charge in [0, 0.05) is 18.5 Å². The minimum Gasteiger partial charge on any atom is -0.481 e. The third kappa shape index (κ3) is 4.16. The highest BCUT2D eigenvalue weighted by molar-refractivity contribution is 9.10. The Bertz CT molecular complexity index is 507. The third-order valence-electron chi connectivity index (χ3n) is 2.58. The number of carboxylic acids is 1. The fourth-order valence-electron chi connectivity index (χ4n) is 1.52. The second kappa shape index (κ2) is 6.46. The van der Waals surface area contributed by atoms with Crippen molar-refractivity contribution in [2.24, 2.45) is 5.92 Å². The van der Waals surface area contributed by atoms with Gasteiger partial charge >= 0.3 is 5.97 Å². The highest BCUT2D eigenvalue weighted by atomic mass is 79.9. The number of anilines is 1. The lowest BCUT2D eigenvalue weighted by Gasteiger charge is -2.13. The average molecular weight is 332 g/mol. The molecule has 1 rings (SSSR count). The van der Waals surface area contributed by atoms with E-state index >= 15 is 0 Å². The van der Waals surface area contributed by atoms with Gasteiger partial charge in [-0.3, -0.25) is 14.9 Å². The number of aromatic nitrogens is 1. The van der Waals surface area contributed by atoms with Crippen molar-refractivity contribution in [1.29, 1.82) is 0 Å². The van der Waals surface area contributed by atoms with Crippen molar-refractivity contribution in [2.75, 3.05) is 11.9 Å². The molecule has 2 N–H and O–H groups in total. The maximum absolute atomic E-state index is 10.7. The molecule has 104 valence electrons. The van der Waals surface area contributed by atoms with Gasteiger partial charge in [0.25, 0.3) is 5.69 Å². The molecule has 0 aliphatic carbocycles. The number of rotatable bonds is 6. The first-order valence-electron chi connectivity index (χ1n) is 5.58. The van der Waals surface area contributed by atoms with Crippen LogP contribution in [0.1, 0.15) is 18.9 Å². The first-order chi connectivity index (χ1) is 8.82. The number of nitrogens with zero attached hydrogens (tertiary/aromatic N) is 2. The molecule has 0 aromatic carbocycles. The van der Waals surface area contributed by atoms with Gasteiger partial charge in [-0.1, -0.05) is 6.92 Å². The zero-order chi connectivity index (χ0) is 14.6. The Kier molecular flexibility index (Phi) is 5.22. The third-order valence-corrected chi connectivity index (χ3v) is 3.55. The number of aliphatic carboxylic acids is 1. The van der Waals surface area contributed by atoms with E-state index in [1.807, 2.05) is 0 Å². The molecule has 1 unspecified atom stereocenters. The number of pyridine rings is 1. The van der Waals surface area contributed by atoms with Crippen LogP contribution in [0.4, 0.5) is 11.5 Å². The molecule has 0 saturated heterocycles. The number of nitrogens with one attached hydrogen (secondary N) is 1.